The maximum absolute atomic E-state index is 3.95. The van der Waals surface area contributed by atoms with E-state index in [1.165, 1.54) is 47.7 Å². The van der Waals surface area contributed by atoms with E-state index in [1.54, 1.807) is 0 Å². The van der Waals surface area contributed by atoms with Crippen LogP contribution in [-0.4, -0.2) is 6.04 Å². The van der Waals surface area contributed by atoms with E-state index in [0.717, 1.165) is 11.8 Å². The molecule has 0 aliphatic heterocycles. The first kappa shape index (κ1) is 13.6. The van der Waals surface area contributed by atoms with E-state index >= 15 is 0 Å². The lowest BCUT2D eigenvalue weighted by Crippen LogP contribution is -2.40. The van der Waals surface area contributed by atoms with Gasteiger partial charge in [-0.2, -0.15) is 0 Å². The molecule has 104 valence electrons. The second kappa shape index (κ2) is 5.57. The third-order valence-electron chi connectivity index (χ3n) is 5.06. The summed E-state index contributed by atoms with van der Waals surface area (Å²) in [6.07, 6.45) is 6.60. The van der Waals surface area contributed by atoms with Crippen LogP contribution >= 0.6 is 15.9 Å². The van der Waals surface area contributed by atoms with Crippen molar-refractivity contribution in [2.24, 2.45) is 11.8 Å². The number of hydrogen-bond donors (Lipinski definition) is 1. The van der Waals surface area contributed by atoms with Crippen molar-refractivity contribution in [1.29, 1.82) is 0 Å². The number of nitrogens with one attached hydrogen (secondary N) is 1. The molecule has 1 aromatic carbocycles. The minimum absolute atomic E-state index is 0.577. The molecule has 0 radical (unpaired) electrons. The maximum atomic E-state index is 3.95. The predicted molar refractivity (Wildman–Crippen MR) is 84.3 cm³/mol. The molecule has 2 aliphatic rings. The molecular formula is C17H24BrN. The summed E-state index contributed by atoms with van der Waals surface area (Å²) in [7, 11) is 0. The van der Waals surface area contributed by atoms with Gasteiger partial charge in [0.05, 0.1) is 0 Å². The summed E-state index contributed by atoms with van der Waals surface area (Å²) in [6.45, 7) is 4.82. The fourth-order valence-electron chi connectivity index (χ4n) is 3.95. The van der Waals surface area contributed by atoms with Crippen molar-refractivity contribution < 1.29 is 0 Å². The summed E-state index contributed by atoms with van der Waals surface area (Å²) in [4.78, 5) is 0. The van der Waals surface area contributed by atoms with Crippen molar-refractivity contribution in [3.05, 3.63) is 33.8 Å². The zero-order chi connectivity index (χ0) is 13.4. The monoisotopic (exact) mass is 321 g/mol. The van der Waals surface area contributed by atoms with Gasteiger partial charge in [-0.25, -0.2) is 0 Å². The van der Waals surface area contributed by atoms with E-state index in [-0.39, 0.29) is 0 Å². The Kier molecular flexibility index (Phi) is 4.00. The van der Waals surface area contributed by atoms with Crippen molar-refractivity contribution >= 4 is 15.9 Å². The van der Waals surface area contributed by atoms with Gasteiger partial charge in [-0.1, -0.05) is 41.9 Å². The summed E-state index contributed by atoms with van der Waals surface area (Å²) >= 11 is 3.69. The highest BCUT2D eigenvalue weighted by molar-refractivity contribution is 9.10. The average molecular weight is 322 g/mol. The van der Waals surface area contributed by atoms with Gasteiger partial charge in [0, 0.05) is 16.6 Å². The molecule has 1 aromatic rings. The number of hydrogen-bond acceptors (Lipinski definition) is 1. The highest BCUT2D eigenvalue weighted by atomic mass is 79.9. The molecule has 1 saturated carbocycles. The Morgan fingerprint density at radius 3 is 2.79 bits per heavy atom. The first-order valence-corrected chi connectivity index (χ1v) is 8.47. The Balaban J connectivity index is 1.71. The van der Waals surface area contributed by atoms with Crippen LogP contribution in [0.25, 0.3) is 0 Å². The number of benzene rings is 1. The largest absolute Gasteiger partial charge is 0.307 e. The van der Waals surface area contributed by atoms with Crippen LogP contribution in [0.1, 0.15) is 56.7 Å². The van der Waals surface area contributed by atoms with Crippen LogP contribution in [0.5, 0.6) is 0 Å². The number of rotatable bonds is 2. The molecule has 4 unspecified atom stereocenters. The number of halogens is 1. The Morgan fingerprint density at radius 2 is 2.00 bits per heavy atom. The van der Waals surface area contributed by atoms with E-state index in [1.807, 2.05) is 0 Å². The quantitative estimate of drug-likeness (QED) is 0.821. The van der Waals surface area contributed by atoms with Crippen molar-refractivity contribution in [3.63, 3.8) is 0 Å². The van der Waals surface area contributed by atoms with Gasteiger partial charge < -0.3 is 5.32 Å². The molecule has 1 nitrogen and oxygen atoms in total. The van der Waals surface area contributed by atoms with Gasteiger partial charge in [-0.05, 0) is 61.1 Å². The van der Waals surface area contributed by atoms with Crippen molar-refractivity contribution in [2.75, 3.05) is 0 Å². The molecule has 0 saturated heterocycles. The van der Waals surface area contributed by atoms with Crippen molar-refractivity contribution in [2.45, 2.75) is 58.0 Å². The predicted octanol–water partition coefficient (Wildman–Crippen LogP) is 4.85. The second-order valence-corrected chi connectivity index (χ2v) is 7.42. The van der Waals surface area contributed by atoms with E-state index in [9.17, 15) is 0 Å². The number of fused-ring (bicyclic) bond motifs is 1. The molecule has 0 bridgehead atoms. The molecule has 4 atom stereocenters. The van der Waals surface area contributed by atoms with E-state index in [2.05, 4.69) is 53.3 Å². The third kappa shape index (κ3) is 2.75. The molecule has 1 N–H and O–H groups in total. The van der Waals surface area contributed by atoms with Gasteiger partial charge >= 0.3 is 0 Å². The van der Waals surface area contributed by atoms with Crippen LogP contribution in [0.15, 0.2) is 22.7 Å². The minimum atomic E-state index is 0.577. The highest BCUT2D eigenvalue weighted by Crippen LogP contribution is 2.38. The van der Waals surface area contributed by atoms with E-state index in [4.69, 9.17) is 0 Å². The molecule has 1 fully saturated rings. The summed E-state index contributed by atoms with van der Waals surface area (Å²) < 4.78 is 1.29. The Labute approximate surface area is 125 Å². The van der Waals surface area contributed by atoms with Gasteiger partial charge in [0.2, 0.25) is 0 Å². The van der Waals surface area contributed by atoms with Gasteiger partial charge in [0.15, 0.2) is 0 Å². The lowest BCUT2D eigenvalue weighted by molar-refractivity contribution is 0.213. The Bertz CT molecular complexity index is 457. The fraction of sp³-hybridized carbons (Fsp3) is 0.647. The minimum Gasteiger partial charge on any atom is -0.307 e. The first-order chi connectivity index (χ1) is 9.15. The van der Waals surface area contributed by atoms with Crippen LogP contribution in [0.4, 0.5) is 0 Å². The summed E-state index contributed by atoms with van der Waals surface area (Å²) in [5.74, 6) is 1.73. The Morgan fingerprint density at radius 1 is 1.16 bits per heavy atom. The zero-order valence-corrected chi connectivity index (χ0v) is 13.5. The van der Waals surface area contributed by atoms with Gasteiger partial charge in [0.1, 0.15) is 0 Å². The lowest BCUT2D eigenvalue weighted by atomic mass is 9.79. The van der Waals surface area contributed by atoms with Crippen LogP contribution in [0.3, 0.4) is 0 Å². The molecule has 0 aromatic heterocycles. The van der Waals surface area contributed by atoms with Gasteiger partial charge in [0.25, 0.3) is 0 Å². The highest BCUT2D eigenvalue weighted by Gasteiger charge is 2.30. The SMILES string of the molecule is CC1CCC(NC2CCc3c(Br)cccc32)C(C)C1. The Hall–Kier alpha value is -0.340. The fourth-order valence-corrected chi connectivity index (χ4v) is 4.53. The smallest absolute Gasteiger partial charge is 0.0329 e. The van der Waals surface area contributed by atoms with Crippen LogP contribution < -0.4 is 5.32 Å². The average Bonchev–Trinajstić information content (AvgIpc) is 2.78. The molecule has 2 heteroatoms. The second-order valence-electron chi connectivity index (χ2n) is 6.57. The zero-order valence-electron chi connectivity index (χ0n) is 12.0. The van der Waals surface area contributed by atoms with Gasteiger partial charge in [-0.3, -0.25) is 0 Å². The van der Waals surface area contributed by atoms with Crippen LogP contribution in [-0.2, 0) is 6.42 Å². The van der Waals surface area contributed by atoms with Gasteiger partial charge in [-0.15, -0.1) is 0 Å². The topological polar surface area (TPSA) is 12.0 Å². The molecular weight excluding hydrogens is 298 g/mol. The summed E-state index contributed by atoms with van der Waals surface area (Å²) in [5, 5.41) is 3.95. The van der Waals surface area contributed by atoms with Crippen molar-refractivity contribution in [3.8, 4) is 0 Å². The first-order valence-electron chi connectivity index (χ1n) is 7.68. The molecule has 0 heterocycles. The van der Waals surface area contributed by atoms with E-state index < -0.39 is 0 Å². The lowest BCUT2D eigenvalue weighted by Gasteiger charge is -2.35. The standard InChI is InChI=1S/C17H24BrN/c1-11-6-8-16(12(2)10-11)19-17-9-7-13-14(17)4-3-5-15(13)18/h3-5,11-12,16-17,19H,6-10H2,1-2H3. The third-order valence-corrected chi connectivity index (χ3v) is 5.80. The summed E-state index contributed by atoms with van der Waals surface area (Å²) in [5.41, 5.74) is 3.05. The molecule has 3 rings (SSSR count). The summed E-state index contributed by atoms with van der Waals surface area (Å²) in [6, 6.07) is 7.95. The van der Waals surface area contributed by atoms with E-state index in [0.29, 0.717) is 12.1 Å². The molecule has 19 heavy (non-hydrogen) atoms. The van der Waals surface area contributed by atoms with Crippen molar-refractivity contribution in [1.82, 2.24) is 5.32 Å². The molecule has 0 amide bonds. The molecule has 2 aliphatic carbocycles. The van der Waals surface area contributed by atoms with Crippen LogP contribution in [0, 0.1) is 11.8 Å². The maximum Gasteiger partial charge on any atom is 0.0329 e. The normalized spacial score (nSPS) is 34.3. The van der Waals surface area contributed by atoms with Crippen LogP contribution in [0.2, 0.25) is 0 Å². The molecule has 0 spiro atoms.